The summed E-state index contributed by atoms with van der Waals surface area (Å²) in [5.74, 6) is 4.77. The van der Waals surface area contributed by atoms with Crippen LogP contribution in [0.25, 0.3) is 0 Å². The summed E-state index contributed by atoms with van der Waals surface area (Å²) in [5.41, 5.74) is 5.53. The molecule has 3 nitrogen and oxygen atoms in total. The van der Waals surface area contributed by atoms with Crippen molar-refractivity contribution < 1.29 is 4.79 Å². The highest BCUT2D eigenvalue weighted by Crippen LogP contribution is 2.16. The zero-order chi connectivity index (χ0) is 8.27. The van der Waals surface area contributed by atoms with Gasteiger partial charge in [0.25, 0.3) is 5.91 Å². The molecule has 1 aliphatic carbocycles. The minimum atomic E-state index is -0.190. The Morgan fingerprint density at radius 2 is 2.27 bits per heavy atom. The molecule has 0 aliphatic heterocycles. The minimum absolute atomic E-state index is 0.190. The number of carbonyl (C=O) groups is 1. The van der Waals surface area contributed by atoms with Crippen LogP contribution >= 0.6 is 0 Å². The molecule has 1 fully saturated rings. The topological polar surface area (TPSA) is 55.1 Å². The molecule has 1 rings (SSSR count). The Morgan fingerprint density at radius 1 is 1.64 bits per heavy atom. The third-order valence-corrected chi connectivity index (χ3v) is 1.75. The predicted molar refractivity (Wildman–Crippen MR) is 42.6 cm³/mol. The van der Waals surface area contributed by atoms with Crippen LogP contribution < -0.4 is 11.1 Å². The maximum atomic E-state index is 10.8. The number of hydrogen-bond donors (Lipinski definition) is 2. The monoisotopic (exact) mass is 152 g/mol. The summed E-state index contributed by atoms with van der Waals surface area (Å²) in [4.78, 5) is 10.8. The molecular weight excluding hydrogens is 140 g/mol. The van der Waals surface area contributed by atoms with E-state index >= 15 is 0 Å². The number of nitrogens with one attached hydrogen (secondary N) is 1. The zero-order valence-electron chi connectivity index (χ0n) is 6.55. The van der Waals surface area contributed by atoms with Gasteiger partial charge in [-0.1, -0.05) is 5.92 Å². The van der Waals surface area contributed by atoms with Gasteiger partial charge in [-0.2, -0.15) is 0 Å². The molecule has 0 spiro atoms. The lowest BCUT2D eigenvalue weighted by molar-refractivity contribution is -0.116. The van der Waals surface area contributed by atoms with E-state index in [1.807, 2.05) is 0 Å². The van der Waals surface area contributed by atoms with Crippen LogP contribution in [-0.2, 0) is 4.79 Å². The summed E-state index contributed by atoms with van der Waals surface area (Å²) < 4.78 is 0. The fraction of sp³-hybridized carbons (Fsp3) is 0.625. The second-order valence-electron chi connectivity index (χ2n) is 2.78. The predicted octanol–water partition coefficient (Wildman–Crippen LogP) is -0.384. The number of amides is 1. The Kier molecular flexibility index (Phi) is 2.50. The van der Waals surface area contributed by atoms with Crippen molar-refractivity contribution >= 4 is 5.91 Å². The molecule has 0 aromatic carbocycles. The van der Waals surface area contributed by atoms with E-state index < -0.39 is 0 Å². The third kappa shape index (κ3) is 2.24. The van der Waals surface area contributed by atoms with Gasteiger partial charge in [-0.15, -0.1) is 0 Å². The van der Waals surface area contributed by atoms with E-state index in [0.29, 0.717) is 0 Å². The first-order chi connectivity index (χ1) is 5.22. The van der Waals surface area contributed by atoms with E-state index in [4.69, 9.17) is 5.73 Å². The van der Waals surface area contributed by atoms with Gasteiger partial charge in [-0.3, -0.25) is 4.79 Å². The first-order valence-electron chi connectivity index (χ1n) is 3.71. The second kappa shape index (κ2) is 3.40. The molecule has 0 atom stereocenters. The molecular formula is C8H12N2O. The highest BCUT2D eigenvalue weighted by molar-refractivity contribution is 5.93. The number of hydrogen-bond acceptors (Lipinski definition) is 2. The average Bonchev–Trinajstić information content (AvgIpc) is 1.85. The molecule has 0 aromatic heterocycles. The third-order valence-electron chi connectivity index (χ3n) is 1.75. The smallest absolute Gasteiger partial charge is 0.296 e. The Hall–Kier alpha value is -1.01. The van der Waals surface area contributed by atoms with E-state index in [9.17, 15) is 4.79 Å². The van der Waals surface area contributed by atoms with E-state index in [0.717, 1.165) is 12.8 Å². The lowest BCUT2D eigenvalue weighted by Crippen LogP contribution is -2.50. The van der Waals surface area contributed by atoms with Crippen molar-refractivity contribution in [1.29, 1.82) is 0 Å². The van der Waals surface area contributed by atoms with Gasteiger partial charge in [0.05, 0.1) is 0 Å². The van der Waals surface area contributed by atoms with Gasteiger partial charge in [-0.05, 0) is 25.7 Å². The molecule has 11 heavy (non-hydrogen) atoms. The largest absolute Gasteiger partial charge is 0.342 e. The molecule has 60 valence electrons. The van der Waals surface area contributed by atoms with Crippen molar-refractivity contribution in [2.45, 2.75) is 31.8 Å². The van der Waals surface area contributed by atoms with Crippen molar-refractivity contribution in [3.05, 3.63) is 0 Å². The van der Waals surface area contributed by atoms with Gasteiger partial charge in [0, 0.05) is 12.1 Å². The molecule has 0 radical (unpaired) electrons. The van der Waals surface area contributed by atoms with Crippen molar-refractivity contribution in [3.63, 3.8) is 0 Å². The molecule has 0 unspecified atom stereocenters. The Morgan fingerprint density at radius 3 is 2.73 bits per heavy atom. The highest BCUT2D eigenvalue weighted by atomic mass is 16.1. The maximum Gasteiger partial charge on any atom is 0.296 e. The van der Waals surface area contributed by atoms with Crippen molar-refractivity contribution in [3.8, 4) is 11.8 Å². The number of rotatable bonds is 1. The highest BCUT2D eigenvalue weighted by Gasteiger charge is 2.26. The molecule has 3 N–H and O–H groups in total. The first kappa shape index (κ1) is 8.09. The standard InChI is InChI=1S/C8H12N2O/c1-2-3-8(11)10-7-4-6(9)5-7/h6-7H,4-5,9H2,1H3,(H,10,11). The molecule has 1 aliphatic rings. The van der Waals surface area contributed by atoms with Gasteiger partial charge in [0.15, 0.2) is 0 Å². The normalized spacial score (nSPS) is 27.8. The van der Waals surface area contributed by atoms with Crippen LogP contribution in [0.1, 0.15) is 19.8 Å². The van der Waals surface area contributed by atoms with Gasteiger partial charge < -0.3 is 11.1 Å². The Labute approximate surface area is 66.3 Å². The van der Waals surface area contributed by atoms with Gasteiger partial charge in [-0.25, -0.2) is 0 Å². The van der Waals surface area contributed by atoms with E-state index in [1.54, 1.807) is 6.92 Å². The van der Waals surface area contributed by atoms with E-state index in [2.05, 4.69) is 17.2 Å². The van der Waals surface area contributed by atoms with Crippen LogP contribution in [-0.4, -0.2) is 18.0 Å². The van der Waals surface area contributed by atoms with Crippen LogP contribution in [0.15, 0.2) is 0 Å². The lowest BCUT2D eigenvalue weighted by Gasteiger charge is -2.32. The number of carbonyl (C=O) groups excluding carboxylic acids is 1. The van der Waals surface area contributed by atoms with Crippen molar-refractivity contribution in [1.82, 2.24) is 5.32 Å². The summed E-state index contributed by atoms with van der Waals surface area (Å²) in [7, 11) is 0. The summed E-state index contributed by atoms with van der Waals surface area (Å²) in [6.45, 7) is 1.64. The van der Waals surface area contributed by atoms with Gasteiger partial charge in [0.2, 0.25) is 0 Å². The van der Waals surface area contributed by atoms with Crippen molar-refractivity contribution in [2.75, 3.05) is 0 Å². The van der Waals surface area contributed by atoms with Gasteiger partial charge in [0.1, 0.15) is 0 Å². The summed E-state index contributed by atoms with van der Waals surface area (Å²) in [6, 6.07) is 0.535. The summed E-state index contributed by atoms with van der Waals surface area (Å²) in [6.07, 6.45) is 1.77. The minimum Gasteiger partial charge on any atom is -0.342 e. The Balaban J connectivity index is 2.20. The molecule has 0 heterocycles. The Bertz CT molecular complexity index is 208. The first-order valence-corrected chi connectivity index (χ1v) is 3.71. The second-order valence-corrected chi connectivity index (χ2v) is 2.78. The lowest BCUT2D eigenvalue weighted by atomic mass is 9.88. The fourth-order valence-corrected chi connectivity index (χ4v) is 1.11. The fourth-order valence-electron chi connectivity index (χ4n) is 1.11. The molecule has 1 saturated carbocycles. The van der Waals surface area contributed by atoms with Crippen LogP contribution in [0, 0.1) is 11.8 Å². The van der Waals surface area contributed by atoms with E-state index in [-0.39, 0.29) is 18.0 Å². The SMILES string of the molecule is CC#CC(=O)NC1CC(N)C1. The molecule has 0 aromatic rings. The van der Waals surface area contributed by atoms with Crippen LogP contribution in [0.3, 0.4) is 0 Å². The molecule has 1 amide bonds. The quantitative estimate of drug-likeness (QED) is 0.503. The van der Waals surface area contributed by atoms with Crippen molar-refractivity contribution in [2.24, 2.45) is 5.73 Å². The zero-order valence-corrected chi connectivity index (χ0v) is 6.55. The number of nitrogens with two attached hydrogens (primary N) is 1. The average molecular weight is 152 g/mol. The molecule has 0 bridgehead atoms. The summed E-state index contributed by atoms with van der Waals surface area (Å²) in [5, 5.41) is 2.76. The van der Waals surface area contributed by atoms with Gasteiger partial charge >= 0.3 is 0 Å². The van der Waals surface area contributed by atoms with E-state index in [1.165, 1.54) is 0 Å². The summed E-state index contributed by atoms with van der Waals surface area (Å²) >= 11 is 0. The van der Waals surface area contributed by atoms with Crippen LogP contribution in [0.2, 0.25) is 0 Å². The van der Waals surface area contributed by atoms with Crippen LogP contribution in [0.4, 0.5) is 0 Å². The maximum absolute atomic E-state index is 10.8. The van der Waals surface area contributed by atoms with Crippen LogP contribution in [0.5, 0.6) is 0 Å². The molecule has 0 saturated heterocycles. The molecule has 3 heteroatoms.